The number of hydrogen-bond acceptors (Lipinski definition) is 5. The second kappa shape index (κ2) is 10.0. The summed E-state index contributed by atoms with van der Waals surface area (Å²) in [7, 11) is 4.00. The van der Waals surface area contributed by atoms with Gasteiger partial charge in [0.05, 0.1) is 23.9 Å². The number of nitrogens with one attached hydrogen (secondary N) is 1. The maximum atomic E-state index is 13.1. The normalized spacial score (nSPS) is 14.2. The number of morpholine rings is 1. The van der Waals surface area contributed by atoms with Crippen LogP contribution in [0.3, 0.4) is 0 Å². The van der Waals surface area contributed by atoms with Gasteiger partial charge in [0, 0.05) is 49.9 Å². The highest BCUT2D eigenvalue weighted by Gasteiger charge is 2.29. The van der Waals surface area contributed by atoms with Crippen LogP contribution < -0.4 is 15.1 Å². The Morgan fingerprint density at radius 3 is 2.62 bits per heavy atom. The van der Waals surface area contributed by atoms with E-state index in [-0.39, 0.29) is 5.91 Å². The number of carbonyl (C=O) groups excluding carboxylic acids is 1. The average molecular weight is 456 g/mol. The maximum absolute atomic E-state index is 13.1. The number of rotatable bonds is 7. The molecule has 1 aliphatic heterocycles. The third kappa shape index (κ3) is 5.00. The molecule has 0 atom stereocenters. The predicted octanol–water partition coefficient (Wildman–Crippen LogP) is 5.15. The van der Waals surface area contributed by atoms with Crippen LogP contribution in [-0.4, -0.2) is 52.9 Å². The lowest BCUT2D eigenvalue weighted by molar-refractivity contribution is 0.0958. The molecule has 2 aromatic rings. The van der Waals surface area contributed by atoms with Gasteiger partial charge >= 0.3 is 0 Å². The zero-order valence-electron chi connectivity index (χ0n) is 17.1. The van der Waals surface area contributed by atoms with E-state index in [2.05, 4.69) is 22.0 Å². The molecule has 1 aliphatic rings. The minimum atomic E-state index is -0.0629. The lowest BCUT2D eigenvalue weighted by atomic mass is 10.0. The molecule has 1 amide bonds. The van der Waals surface area contributed by atoms with Crippen molar-refractivity contribution in [2.24, 2.45) is 0 Å². The van der Waals surface area contributed by atoms with Crippen molar-refractivity contribution in [1.29, 1.82) is 0 Å². The minimum absolute atomic E-state index is 0.0629. The summed E-state index contributed by atoms with van der Waals surface area (Å²) in [5, 5.41) is 5.24. The van der Waals surface area contributed by atoms with E-state index in [1.807, 2.05) is 26.2 Å². The van der Waals surface area contributed by atoms with E-state index in [9.17, 15) is 4.79 Å². The molecule has 0 radical (unpaired) electrons. The fourth-order valence-corrected chi connectivity index (χ4v) is 5.23. The highest BCUT2D eigenvalue weighted by molar-refractivity contribution is 7.19. The fraction of sp³-hybridized carbons (Fsp3) is 0.476. The zero-order chi connectivity index (χ0) is 21.0. The molecule has 158 valence electrons. The summed E-state index contributed by atoms with van der Waals surface area (Å²) in [6, 6.07) is 5.43. The van der Waals surface area contributed by atoms with Crippen LogP contribution in [0, 0.1) is 0 Å². The number of nitrogens with zero attached hydrogens (tertiary/aromatic N) is 2. The number of unbranched alkanes of at least 4 members (excludes halogenated alkanes) is 1. The van der Waals surface area contributed by atoms with E-state index in [1.165, 1.54) is 11.3 Å². The van der Waals surface area contributed by atoms with Crippen LogP contribution in [0.4, 0.5) is 10.7 Å². The van der Waals surface area contributed by atoms with Crippen molar-refractivity contribution in [1.82, 2.24) is 5.32 Å². The smallest absolute Gasteiger partial charge is 0.262 e. The van der Waals surface area contributed by atoms with E-state index in [4.69, 9.17) is 27.9 Å². The second-order valence-corrected chi connectivity index (χ2v) is 9.03. The molecule has 2 heterocycles. The number of anilines is 2. The summed E-state index contributed by atoms with van der Waals surface area (Å²) in [4.78, 5) is 18.2. The molecule has 1 saturated heterocycles. The molecule has 1 fully saturated rings. The Labute approximate surface area is 186 Å². The Bertz CT molecular complexity index is 864. The van der Waals surface area contributed by atoms with E-state index in [0.29, 0.717) is 34.7 Å². The van der Waals surface area contributed by atoms with Gasteiger partial charge in [0.1, 0.15) is 9.88 Å². The van der Waals surface area contributed by atoms with Crippen molar-refractivity contribution >= 4 is 51.1 Å². The van der Waals surface area contributed by atoms with Gasteiger partial charge in [-0.1, -0.05) is 42.6 Å². The average Bonchev–Trinajstić information content (AvgIpc) is 3.09. The predicted molar refractivity (Wildman–Crippen MR) is 124 cm³/mol. The van der Waals surface area contributed by atoms with Gasteiger partial charge in [-0.05, 0) is 18.6 Å². The lowest BCUT2D eigenvalue weighted by Crippen LogP contribution is -2.36. The second-order valence-electron chi connectivity index (χ2n) is 7.19. The number of hydrogen-bond donors (Lipinski definition) is 1. The van der Waals surface area contributed by atoms with Crippen LogP contribution in [0.25, 0.3) is 11.1 Å². The molecule has 1 aromatic heterocycles. The first-order valence-corrected chi connectivity index (χ1v) is 11.4. The van der Waals surface area contributed by atoms with Gasteiger partial charge in [0.25, 0.3) is 5.91 Å². The van der Waals surface area contributed by atoms with Crippen molar-refractivity contribution in [3.8, 4) is 11.1 Å². The Morgan fingerprint density at radius 1 is 1.28 bits per heavy atom. The molecule has 1 aromatic carbocycles. The van der Waals surface area contributed by atoms with Crippen molar-refractivity contribution < 1.29 is 9.53 Å². The molecular formula is C21H27Cl2N3O2S. The molecule has 29 heavy (non-hydrogen) atoms. The summed E-state index contributed by atoms with van der Waals surface area (Å²) in [6.45, 7) is 5.72. The minimum Gasteiger partial charge on any atom is -0.378 e. The number of carbonyl (C=O) groups is 1. The van der Waals surface area contributed by atoms with Crippen LogP contribution in [0.2, 0.25) is 10.0 Å². The quantitative estimate of drug-likeness (QED) is 0.585. The largest absolute Gasteiger partial charge is 0.378 e. The molecule has 0 bridgehead atoms. The van der Waals surface area contributed by atoms with E-state index in [0.717, 1.165) is 47.7 Å². The lowest BCUT2D eigenvalue weighted by Gasteiger charge is -2.30. The van der Waals surface area contributed by atoms with Gasteiger partial charge < -0.3 is 19.9 Å². The SMILES string of the molecule is CCCCNC(=O)c1sc(N2CCOCC2)c(N(C)C)c1-c1ccc(Cl)cc1Cl. The summed E-state index contributed by atoms with van der Waals surface area (Å²) in [5.41, 5.74) is 2.68. The number of halogens is 2. The molecule has 0 unspecified atom stereocenters. The van der Waals surface area contributed by atoms with E-state index >= 15 is 0 Å². The van der Waals surface area contributed by atoms with Gasteiger partial charge in [-0.25, -0.2) is 0 Å². The number of amides is 1. The van der Waals surface area contributed by atoms with Crippen molar-refractivity contribution in [2.45, 2.75) is 19.8 Å². The Balaban J connectivity index is 2.15. The molecule has 0 saturated carbocycles. The summed E-state index contributed by atoms with van der Waals surface area (Å²) in [5.74, 6) is -0.0629. The first kappa shape index (κ1) is 22.2. The highest BCUT2D eigenvalue weighted by atomic mass is 35.5. The van der Waals surface area contributed by atoms with Crippen molar-refractivity contribution in [2.75, 3.05) is 56.7 Å². The van der Waals surface area contributed by atoms with Gasteiger partial charge in [-0.2, -0.15) is 0 Å². The summed E-state index contributed by atoms with van der Waals surface area (Å²) < 4.78 is 5.52. The summed E-state index contributed by atoms with van der Waals surface area (Å²) >= 11 is 14.2. The molecule has 8 heteroatoms. The first-order valence-electron chi connectivity index (χ1n) is 9.84. The van der Waals surface area contributed by atoms with Crippen LogP contribution in [-0.2, 0) is 4.74 Å². The fourth-order valence-electron chi connectivity index (χ4n) is 3.37. The third-order valence-corrected chi connectivity index (χ3v) is 6.62. The van der Waals surface area contributed by atoms with Crippen molar-refractivity contribution in [3.05, 3.63) is 33.1 Å². The number of ether oxygens (including phenoxy) is 1. The van der Waals surface area contributed by atoms with Crippen molar-refractivity contribution in [3.63, 3.8) is 0 Å². The van der Waals surface area contributed by atoms with Gasteiger partial charge in [-0.15, -0.1) is 11.3 Å². The summed E-state index contributed by atoms with van der Waals surface area (Å²) in [6.07, 6.45) is 1.98. The molecule has 1 N–H and O–H groups in total. The Kier molecular flexibility index (Phi) is 7.68. The maximum Gasteiger partial charge on any atom is 0.262 e. The van der Waals surface area contributed by atoms with Crippen LogP contribution in [0.15, 0.2) is 18.2 Å². The highest BCUT2D eigenvalue weighted by Crippen LogP contribution is 2.49. The molecule has 5 nitrogen and oxygen atoms in total. The third-order valence-electron chi connectivity index (χ3n) is 4.83. The molecular weight excluding hydrogens is 429 g/mol. The number of benzene rings is 1. The topological polar surface area (TPSA) is 44.8 Å². The molecule has 0 aliphatic carbocycles. The van der Waals surface area contributed by atoms with E-state index in [1.54, 1.807) is 6.07 Å². The number of thiophene rings is 1. The molecule has 3 rings (SSSR count). The standard InChI is InChI=1S/C21H27Cl2N3O2S/c1-4-5-8-24-20(27)19-17(15-7-6-14(22)13-16(15)23)18(25(2)3)21(29-19)26-9-11-28-12-10-26/h6-7,13H,4-5,8-12H2,1-3H3,(H,24,27). The first-order chi connectivity index (χ1) is 13.9. The Hall–Kier alpha value is -1.47. The zero-order valence-corrected chi connectivity index (χ0v) is 19.4. The monoisotopic (exact) mass is 455 g/mol. The van der Waals surface area contributed by atoms with Gasteiger partial charge in [0.2, 0.25) is 0 Å². The van der Waals surface area contributed by atoms with Crippen LogP contribution in [0.5, 0.6) is 0 Å². The van der Waals surface area contributed by atoms with Crippen LogP contribution in [0.1, 0.15) is 29.4 Å². The van der Waals surface area contributed by atoms with E-state index < -0.39 is 0 Å². The van der Waals surface area contributed by atoms with Gasteiger partial charge in [-0.3, -0.25) is 4.79 Å². The Morgan fingerprint density at radius 2 is 2.00 bits per heavy atom. The molecule has 0 spiro atoms. The van der Waals surface area contributed by atoms with Gasteiger partial charge in [0.15, 0.2) is 0 Å². The van der Waals surface area contributed by atoms with Crippen LogP contribution >= 0.6 is 34.5 Å².